The summed E-state index contributed by atoms with van der Waals surface area (Å²) < 4.78 is 0. The van der Waals surface area contributed by atoms with E-state index in [1.165, 1.54) is 38.5 Å². The topological polar surface area (TPSA) is 66.8 Å². The zero-order valence-electron chi connectivity index (χ0n) is 15.0. The van der Waals surface area contributed by atoms with Crippen molar-refractivity contribution >= 4 is 12.1 Å². The predicted molar refractivity (Wildman–Crippen MR) is 92.2 cm³/mol. The lowest BCUT2D eigenvalue weighted by Crippen LogP contribution is -2.33. The molecule has 5 heteroatoms. The van der Waals surface area contributed by atoms with Gasteiger partial charge in [-0.15, -0.1) is 5.06 Å². The van der Waals surface area contributed by atoms with Gasteiger partial charge in [0, 0.05) is 6.42 Å². The highest BCUT2D eigenvalue weighted by molar-refractivity contribution is 5.72. The van der Waals surface area contributed by atoms with Gasteiger partial charge in [-0.2, -0.15) is 0 Å². The molecule has 0 unspecified atom stereocenters. The van der Waals surface area contributed by atoms with E-state index in [4.69, 9.17) is 9.94 Å². The monoisotopic (exact) mass is 329 g/mol. The van der Waals surface area contributed by atoms with Crippen molar-refractivity contribution < 1.29 is 19.5 Å². The number of hydrogen-bond acceptors (Lipinski definition) is 3. The van der Waals surface area contributed by atoms with Crippen LogP contribution in [-0.4, -0.2) is 28.8 Å². The highest BCUT2D eigenvalue weighted by Gasteiger charge is 2.16. The predicted octanol–water partition coefficient (Wildman–Crippen LogP) is 5.54. The first-order chi connectivity index (χ1) is 11.1. The number of nitrogens with zero attached hydrogens (tertiary/aromatic N) is 1. The molecule has 0 aromatic heterocycles. The van der Waals surface area contributed by atoms with Gasteiger partial charge in [0.15, 0.2) is 0 Å². The Bertz CT molecular complexity index is 307. The van der Waals surface area contributed by atoms with Crippen LogP contribution in [0, 0.1) is 0 Å². The number of hydroxylamine groups is 2. The quantitative estimate of drug-likeness (QED) is 0.336. The number of amides is 1. The number of carbonyl (C=O) groups is 2. The van der Waals surface area contributed by atoms with Gasteiger partial charge in [0.25, 0.3) is 0 Å². The van der Waals surface area contributed by atoms with Crippen LogP contribution in [0.15, 0.2) is 0 Å². The van der Waals surface area contributed by atoms with Gasteiger partial charge in [-0.25, -0.2) is 9.59 Å². The summed E-state index contributed by atoms with van der Waals surface area (Å²) in [5, 5.41) is 9.77. The molecule has 0 aliphatic rings. The maximum atomic E-state index is 11.7. The van der Waals surface area contributed by atoms with E-state index in [9.17, 15) is 9.59 Å². The van der Waals surface area contributed by atoms with Crippen LogP contribution in [-0.2, 0) is 9.63 Å². The van der Waals surface area contributed by atoms with E-state index in [-0.39, 0.29) is 6.54 Å². The molecule has 5 nitrogen and oxygen atoms in total. The summed E-state index contributed by atoms with van der Waals surface area (Å²) in [6.45, 7) is 4.52. The van der Waals surface area contributed by atoms with Gasteiger partial charge in [-0.3, -0.25) is 0 Å². The second kappa shape index (κ2) is 15.6. The molecule has 23 heavy (non-hydrogen) atoms. The molecule has 0 spiro atoms. The van der Waals surface area contributed by atoms with E-state index in [1.54, 1.807) is 0 Å². The second-order valence-electron chi connectivity index (χ2n) is 6.13. The molecule has 0 radical (unpaired) electrons. The van der Waals surface area contributed by atoms with Crippen molar-refractivity contribution in [3.8, 4) is 0 Å². The number of carbonyl (C=O) groups excluding carboxylic acids is 1. The average Bonchev–Trinajstić information content (AvgIpc) is 2.52. The molecule has 0 aromatic carbocycles. The molecule has 0 heterocycles. The standard InChI is InChI=1S/C18H35NO4/c1-3-5-7-8-9-10-11-12-13-15-17(20)23-19(18(21)22)16-14-6-4-2/h3-16H2,1-2H3,(H,21,22). The lowest BCUT2D eigenvalue weighted by molar-refractivity contribution is -0.180. The van der Waals surface area contributed by atoms with Crippen molar-refractivity contribution in [2.75, 3.05) is 6.54 Å². The van der Waals surface area contributed by atoms with Crippen LogP contribution < -0.4 is 0 Å². The van der Waals surface area contributed by atoms with E-state index in [2.05, 4.69) is 6.92 Å². The normalized spacial score (nSPS) is 10.5. The third kappa shape index (κ3) is 14.1. The van der Waals surface area contributed by atoms with Crippen LogP contribution in [0.25, 0.3) is 0 Å². The fourth-order valence-electron chi connectivity index (χ4n) is 2.43. The number of rotatable bonds is 14. The molecule has 0 aliphatic carbocycles. The maximum Gasteiger partial charge on any atom is 0.440 e. The Balaban J connectivity index is 3.61. The number of carboxylic acid groups (broad SMARTS) is 1. The second-order valence-corrected chi connectivity index (χ2v) is 6.13. The van der Waals surface area contributed by atoms with E-state index < -0.39 is 12.1 Å². The van der Waals surface area contributed by atoms with Gasteiger partial charge in [0.05, 0.1) is 6.54 Å². The van der Waals surface area contributed by atoms with Crippen LogP contribution in [0.3, 0.4) is 0 Å². The van der Waals surface area contributed by atoms with Crippen molar-refractivity contribution in [3.63, 3.8) is 0 Å². The van der Waals surface area contributed by atoms with Crippen LogP contribution in [0.1, 0.15) is 97.3 Å². The Morgan fingerprint density at radius 2 is 1.26 bits per heavy atom. The first kappa shape index (κ1) is 21.7. The molecular formula is C18H35NO4. The summed E-state index contributed by atoms with van der Waals surface area (Å²) in [5.74, 6) is -0.438. The van der Waals surface area contributed by atoms with E-state index in [0.717, 1.165) is 37.2 Å². The largest absolute Gasteiger partial charge is 0.463 e. The molecule has 0 saturated carbocycles. The third-order valence-corrected chi connectivity index (χ3v) is 3.87. The molecule has 0 fully saturated rings. The summed E-state index contributed by atoms with van der Waals surface area (Å²) >= 11 is 0. The van der Waals surface area contributed by atoms with E-state index in [0.29, 0.717) is 12.8 Å². The third-order valence-electron chi connectivity index (χ3n) is 3.87. The minimum Gasteiger partial charge on any atom is -0.463 e. The van der Waals surface area contributed by atoms with Gasteiger partial charge in [-0.05, 0) is 12.8 Å². The number of unbranched alkanes of at least 4 members (excludes halogenated alkanes) is 10. The minimum absolute atomic E-state index is 0.257. The van der Waals surface area contributed by atoms with Crippen LogP contribution in [0.2, 0.25) is 0 Å². The highest BCUT2D eigenvalue weighted by atomic mass is 16.7. The molecule has 136 valence electrons. The summed E-state index contributed by atoms with van der Waals surface area (Å²) in [5.41, 5.74) is 0. The average molecular weight is 329 g/mol. The minimum atomic E-state index is -1.19. The van der Waals surface area contributed by atoms with Gasteiger partial charge < -0.3 is 9.94 Å². The molecule has 0 bridgehead atoms. The Morgan fingerprint density at radius 3 is 1.78 bits per heavy atom. The molecular weight excluding hydrogens is 294 g/mol. The molecule has 1 amide bonds. The number of hydrogen-bond donors (Lipinski definition) is 1. The molecule has 0 rings (SSSR count). The molecule has 0 aliphatic heterocycles. The molecule has 0 saturated heterocycles. The fourth-order valence-corrected chi connectivity index (χ4v) is 2.43. The summed E-state index contributed by atoms with van der Waals surface area (Å²) in [4.78, 5) is 27.6. The fraction of sp³-hybridized carbons (Fsp3) is 0.889. The Hall–Kier alpha value is -1.26. The lowest BCUT2D eigenvalue weighted by Gasteiger charge is -2.17. The van der Waals surface area contributed by atoms with Crippen LogP contribution in [0.5, 0.6) is 0 Å². The van der Waals surface area contributed by atoms with Crippen LogP contribution in [0.4, 0.5) is 4.79 Å². The molecule has 0 atom stereocenters. The SMILES string of the molecule is CCCCCCCCCCCC(=O)ON(CCCCC)C(=O)O. The first-order valence-electron chi connectivity index (χ1n) is 9.33. The van der Waals surface area contributed by atoms with Gasteiger partial charge in [0.1, 0.15) is 0 Å². The highest BCUT2D eigenvalue weighted by Crippen LogP contribution is 2.11. The Kier molecular flexibility index (Phi) is 14.8. The van der Waals surface area contributed by atoms with Gasteiger partial charge in [0.2, 0.25) is 0 Å². The zero-order chi connectivity index (χ0) is 17.3. The molecule has 0 aromatic rings. The smallest absolute Gasteiger partial charge is 0.440 e. The maximum absolute atomic E-state index is 11.7. The Labute approximate surface area is 141 Å². The van der Waals surface area contributed by atoms with Crippen molar-refractivity contribution in [1.82, 2.24) is 5.06 Å². The molecule has 1 N–H and O–H groups in total. The van der Waals surface area contributed by atoms with Crippen molar-refractivity contribution in [2.45, 2.75) is 97.3 Å². The summed E-state index contributed by atoms with van der Waals surface area (Å²) in [7, 11) is 0. The Morgan fingerprint density at radius 1 is 0.783 bits per heavy atom. The van der Waals surface area contributed by atoms with Crippen molar-refractivity contribution in [2.24, 2.45) is 0 Å². The van der Waals surface area contributed by atoms with E-state index in [1.807, 2.05) is 6.92 Å². The zero-order valence-corrected chi connectivity index (χ0v) is 15.0. The van der Waals surface area contributed by atoms with Gasteiger partial charge in [-0.1, -0.05) is 78.1 Å². The summed E-state index contributed by atoms with van der Waals surface area (Å²) in [6.07, 6.45) is 12.4. The lowest BCUT2D eigenvalue weighted by atomic mass is 10.1. The van der Waals surface area contributed by atoms with E-state index >= 15 is 0 Å². The van der Waals surface area contributed by atoms with Crippen LogP contribution >= 0.6 is 0 Å². The first-order valence-corrected chi connectivity index (χ1v) is 9.33. The van der Waals surface area contributed by atoms with Crippen molar-refractivity contribution in [3.05, 3.63) is 0 Å². The van der Waals surface area contributed by atoms with Gasteiger partial charge >= 0.3 is 12.1 Å². The van der Waals surface area contributed by atoms with Crippen molar-refractivity contribution in [1.29, 1.82) is 0 Å². The summed E-state index contributed by atoms with van der Waals surface area (Å²) in [6, 6.07) is 0.